The molecule has 1 aromatic carbocycles. The van der Waals surface area contributed by atoms with Crippen LogP contribution in [-0.4, -0.2) is 32.3 Å². The Labute approximate surface area is 199 Å². The maximum Gasteiger partial charge on any atom is 0.247 e. The van der Waals surface area contributed by atoms with Crippen molar-refractivity contribution in [3.63, 3.8) is 0 Å². The molecule has 174 valence electrons. The monoisotopic (exact) mass is 464 g/mol. The molecule has 1 fully saturated rings. The fraction of sp³-hybridized carbons (Fsp3) is 0.423. The molecular formula is C26H32N4O2S. The molecule has 2 aromatic heterocycles. The highest BCUT2D eigenvalue weighted by Gasteiger charge is 2.34. The normalized spacial score (nSPS) is 15.2. The van der Waals surface area contributed by atoms with Crippen LogP contribution in [0, 0.1) is 13.8 Å². The summed E-state index contributed by atoms with van der Waals surface area (Å²) in [6, 6.07) is 11.4. The second kappa shape index (κ2) is 10.8. The average molecular weight is 465 g/mol. The summed E-state index contributed by atoms with van der Waals surface area (Å²) in [6.07, 6.45) is 9.00. The molecule has 2 amide bonds. The third-order valence-corrected chi connectivity index (χ3v) is 7.31. The molecule has 0 bridgehead atoms. The molecule has 33 heavy (non-hydrogen) atoms. The average Bonchev–Trinajstić information content (AvgIpc) is 3.47. The maximum absolute atomic E-state index is 13.8. The highest BCUT2D eigenvalue weighted by molar-refractivity contribution is 7.09. The summed E-state index contributed by atoms with van der Waals surface area (Å²) in [5.74, 6) is 0.582. The van der Waals surface area contributed by atoms with Gasteiger partial charge in [0.05, 0.1) is 6.54 Å². The van der Waals surface area contributed by atoms with Gasteiger partial charge in [-0.2, -0.15) is 0 Å². The van der Waals surface area contributed by atoms with E-state index in [2.05, 4.69) is 10.3 Å². The van der Waals surface area contributed by atoms with E-state index < -0.39 is 6.04 Å². The zero-order valence-corrected chi connectivity index (χ0v) is 20.2. The molecule has 1 saturated carbocycles. The second-order valence-electron chi connectivity index (χ2n) is 8.81. The van der Waals surface area contributed by atoms with Crippen LogP contribution in [0.25, 0.3) is 0 Å². The molecule has 1 unspecified atom stereocenters. The predicted octanol–water partition coefficient (Wildman–Crippen LogP) is 4.78. The van der Waals surface area contributed by atoms with E-state index in [1.54, 1.807) is 28.6 Å². The van der Waals surface area contributed by atoms with Gasteiger partial charge in [0, 0.05) is 23.3 Å². The minimum Gasteiger partial charge on any atom is -0.351 e. The standard InChI is InChI=1S/C26H32N4O2S/c1-19-9-6-7-13-23(19)25(26(32)28-21-10-4-3-5-11-21)30(17-22-12-8-16-33-22)24(31)18-29-15-14-27-20(29)2/h6-9,12-16,21,25H,3-5,10-11,17-18H2,1-2H3,(H,28,32). The van der Waals surface area contributed by atoms with Crippen LogP contribution in [0.2, 0.25) is 0 Å². The van der Waals surface area contributed by atoms with Crippen LogP contribution >= 0.6 is 11.3 Å². The number of hydrogen-bond acceptors (Lipinski definition) is 4. The fourth-order valence-electron chi connectivity index (χ4n) is 4.57. The summed E-state index contributed by atoms with van der Waals surface area (Å²) >= 11 is 1.60. The van der Waals surface area contributed by atoms with Gasteiger partial charge in [0.15, 0.2) is 0 Å². The van der Waals surface area contributed by atoms with Crippen LogP contribution in [0.3, 0.4) is 0 Å². The van der Waals surface area contributed by atoms with E-state index in [1.165, 1.54) is 6.42 Å². The van der Waals surface area contributed by atoms with Gasteiger partial charge in [-0.1, -0.05) is 49.6 Å². The van der Waals surface area contributed by atoms with Crippen LogP contribution in [0.1, 0.15) is 60.0 Å². The van der Waals surface area contributed by atoms with Gasteiger partial charge in [0.1, 0.15) is 18.4 Å². The van der Waals surface area contributed by atoms with Crippen molar-refractivity contribution in [2.24, 2.45) is 0 Å². The molecule has 1 aliphatic carbocycles. The van der Waals surface area contributed by atoms with Crippen LogP contribution in [0.15, 0.2) is 54.2 Å². The number of carbonyl (C=O) groups excluding carboxylic acids is 2. The van der Waals surface area contributed by atoms with Gasteiger partial charge >= 0.3 is 0 Å². The molecule has 0 aliphatic heterocycles. The van der Waals surface area contributed by atoms with Crippen LogP contribution < -0.4 is 5.32 Å². The van der Waals surface area contributed by atoms with Crippen molar-refractivity contribution < 1.29 is 9.59 Å². The Morgan fingerprint density at radius 3 is 2.61 bits per heavy atom. The van der Waals surface area contributed by atoms with E-state index in [4.69, 9.17) is 0 Å². The lowest BCUT2D eigenvalue weighted by atomic mass is 9.94. The molecule has 1 aliphatic rings. The zero-order chi connectivity index (χ0) is 23.2. The van der Waals surface area contributed by atoms with Gasteiger partial charge in [0.25, 0.3) is 0 Å². The lowest BCUT2D eigenvalue weighted by Gasteiger charge is -2.34. The predicted molar refractivity (Wildman–Crippen MR) is 131 cm³/mol. The zero-order valence-electron chi connectivity index (χ0n) is 19.4. The number of benzene rings is 1. The molecule has 0 spiro atoms. The number of hydrogen-bond donors (Lipinski definition) is 1. The first-order valence-corrected chi connectivity index (χ1v) is 12.6. The summed E-state index contributed by atoms with van der Waals surface area (Å²) in [7, 11) is 0. The Bertz CT molecular complexity index is 1070. The Hall–Kier alpha value is -2.93. The SMILES string of the molecule is Cc1ccccc1C(C(=O)NC1CCCCC1)N(Cc1cccs1)C(=O)Cn1ccnc1C. The summed E-state index contributed by atoms with van der Waals surface area (Å²) in [4.78, 5) is 34.5. The van der Waals surface area contributed by atoms with E-state index in [-0.39, 0.29) is 24.4 Å². The highest BCUT2D eigenvalue weighted by atomic mass is 32.1. The molecule has 2 heterocycles. The van der Waals surface area contributed by atoms with Gasteiger partial charge in [-0.05, 0) is 49.3 Å². The van der Waals surface area contributed by atoms with E-state index in [0.717, 1.165) is 47.5 Å². The van der Waals surface area contributed by atoms with E-state index in [1.807, 2.05) is 60.2 Å². The number of rotatable bonds is 8. The van der Waals surface area contributed by atoms with E-state index in [0.29, 0.717) is 6.54 Å². The minimum absolute atomic E-state index is 0.0940. The van der Waals surface area contributed by atoms with Gasteiger partial charge in [-0.15, -0.1) is 11.3 Å². The molecular weight excluding hydrogens is 432 g/mol. The lowest BCUT2D eigenvalue weighted by molar-refractivity contribution is -0.142. The molecule has 6 nitrogen and oxygen atoms in total. The van der Waals surface area contributed by atoms with E-state index >= 15 is 0 Å². The number of thiophene rings is 1. The summed E-state index contributed by atoms with van der Waals surface area (Å²) in [5, 5.41) is 5.28. The summed E-state index contributed by atoms with van der Waals surface area (Å²) < 4.78 is 1.83. The van der Waals surface area contributed by atoms with Crippen molar-refractivity contribution in [2.45, 2.75) is 71.1 Å². The van der Waals surface area contributed by atoms with Crippen molar-refractivity contribution in [3.8, 4) is 0 Å². The number of nitrogens with zero attached hydrogens (tertiary/aromatic N) is 3. The summed E-state index contributed by atoms with van der Waals surface area (Å²) in [5.41, 5.74) is 1.88. The molecule has 0 radical (unpaired) electrons. The molecule has 3 aromatic rings. The highest BCUT2D eigenvalue weighted by Crippen LogP contribution is 2.29. The number of amides is 2. The maximum atomic E-state index is 13.8. The Morgan fingerprint density at radius 2 is 1.94 bits per heavy atom. The largest absolute Gasteiger partial charge is 0.351 e. The van der Waals surface area contributed by atoms with Crippen molar-refractivity contribution >= 4 is 23.2 Å². The molecule has 7 heteroatoms. The van der Waals surface area contributed by atoms with Crippen LogP contribution in [0.4, 0.5) is 0 Å². The minimum atomic E-state index is -0.688. The number of nitrogens with one attached hydrogen (secondary N) is 1. The molecule has 1 N–H and O–H groups in total. The first-order valence-electron chi connectivity index (χ1n) is 11.7. The smallest absolute Gasteiger partial charge is 0.247 e. The first-order chi connectivity index (χ1) is 16.0. The second-order valence-corrected chi connectivity index (χ2v) is 9.84. The van der Waals surface area contributed by atoms with Gasteiger partial charge in [0.2, 0.25) is 11.8 Å². The van der Waals surface area contributed by atoms with Crippen LogP contribution in [-0.2, 0) is 22.7 Å². The molecule has 0 saturated heterocycles. The summed E-state index contributed by atoms with van der Waals surface area (Å²) in [6.45, 7) is 4.42. The Morgan fingerprint density at radius 1 is 1.15 bits per heavy atom. The van der Waals surface area contributed by atoms with Gasteiger partial charge < -0.3 is 14.8 Å². The quantitative estimate of drug-likeness (QED) is 0.522. The Kier molecular flexibility index (Phi) is 7.60. The number of aryl methyl sites for hydroxylation is 2. The fourth-order valence-corrected chi connectivity index (χ4v) is 5.28. The van der Waals surface area contributed by atoms with Crippen molar-refractivity contribution in [3.05, 3.63) is 76.0 Å². The van der Waals surface area contributed by atoms with Crippen molar-refractivity contribution in [2.75, 3.05) is 0 Å². The molecule has 1 atom stereocenters. The lowest BCUT2D eigenvalue weighted by Crippen LogP contribution is -2.47. The third kappa shape index (κ3) is 5.71. The number of imidazole rings is 1. The third-order valence-electron chi connectivity index (χ3n) is 6.45. The number of carbonyl (C=O) groups is 2. The van der Waals surface area contributed by atoms with Crippen molar-refractivity contribution in [1.82, 2.24) is 19.8 Å². The van der Waals surface area contributed by atoms with Gasteiger partial charge in [-0.25, -0.2) is 4.98 Å². The first kappa shape index (κ1) is 23.2. The topological polar surface area (TPSA) is 67.2 Å². The van der Waals surface area contributed by atoms with E-state index in [9.17, 15) is 9.59 Å². The number of aromatic nitrogens is 2. The Balaban J connectivity index is 1.69. The van der Waals surface area contributed by atoms with Crippen molar-refractivity contribution in [1.29, 1.82) is 0 Å². The molecule has 4 rings (SSSR count). The van der Waals surface area contributed by atoms with Crippen LogP contribution in [0.5, 0.6) is 0 Å². The van der Waals surface area contributed by atoms with Gasteiger partial charge in [-0.3, -0.25) is 9.59 Å².